The van der Waals surface area contributed by atoms with E-state index in [0.717, 1.165) is 13.1 Å². The summed E-state index contributed by atoms with van der Waals surface area (Å²) in [4.78, 5) is 2.23. The fourth-order valence-corrected chi connectivity index (χ4v) is 2.23. The summed E-state index contributed by atoms with van der Waals surface area (Å²) in [5.74, 6) is 0. The number of aryl methyl sites for hydroxylation is 1. The summed E-state index contributed by atoms with van der Waals surface area (Å²) < 4.78 is 0. The van der Waals surface area contributed by atoms with Gasteiger partial charge in [0.05, 0.1) is 0 Å². The lowest BCUT2D eigenvalue weighted by molar-refractivity contribution is 0.394. The summed E-state index contributed by atoms with van der Waals surface area (Å²) in [6.45, 7) is 10.2. The third kappa shape index (κ3) is 7.06. The Kier molecular flexibility index (Phi) is 7.25. The van der Waals surface area contributed by atoms with Gasteiger partial charge >= 0.3 is 0 Å². The zero-order valence-corrected chi connectivity index (χ0v) is 14.0. The van der Waals surface area contributed by atoms with Gasteiger partial charge in [-0.25, -0.2) is 0 Å². The van der Waals surface area contributed by atoms with Crippen LogP contribution < -0.4 is 5.32 Å². The van der Waals surface area contributed by atoms with Crippen molar-refractivity contribution in [2.75, 3.05) is 33.7 Å². The van der Waals surface area contributed by atoms with Crippen molar-refractivity contribution in [3.8, 4) is 0 Å². The molecule has 0 radical (unpaired) electrons. The topological polar surface area (TPSA) is 15.3 Å². The van der Waals surface area contributed by atoms with E-state index in [-0.39, 0.29) is 5.41 Å². The molecule has 0 fully saturated rings. The molecule has 0 aromatic heterocycles. The molecule has 0 amide bonds. The summed E-state index contributed by atoms with van der Waals surface area (Å²) in [7, 11) is 4.25. The van der Waals surface area contributed by atoms with Crippen LogP contribution in [0, 0.1) is 0 Å². The molecule has 20 heavy (non-hydrogen) atoms. The van der Waals surface area contributed by atoms with Gasteiger partial charge in [-0.15, -0.1) is 0 Å². The maximum absolute atomic E-state index is 3.52. The van der Waals surface area contributed by atoms with Gasteiger partial charge in [-0.1, -0.05) is 45.0 Å². The second-order valence-electron chi connectivity index (χ2n) is 6.96. The summed E-state index contributed by atoms with van der Waals surface area (Å²) in [6, 6.07) is 9.12. The van der Waals surface area contributed by atoms with Gasteiger partial charge < -0.3 is 10.2 Å². The van der Waals surface area contributed by atoms with Gasteiger partial charge in [-0.05, 0) is 69.5 Å². The summed E-state index contributed by atoms with van der Waals surface area (Å²) >= 11 is 0. The number of hydrogen-bond donors (Lipinski definition) is 1. The Hall–Kier alpha value is -0.860. The lowest BCUT2D eigenvalue weighted by atomic mass is 9.86. The minimum Gasteiger partial charge on any atom is -0.317 e. The SMILES string of the molecule is CN(C)CCCNCCCc1ccc(C(C)(C)C)cc1. The van der Waals surface area contributed by atoms with E-state index in [1.54, 1.807) is 0 Å². The zero-order chi connectivity index (χ0) is 15.0. The first kappa shape index (κ1) is 17.2. The van der Waals surface area contributed by atoms with Gasteiger partial charge in [0.15, 0.2) is 0 Å². The van der Waals surface area contributed by atoms with Crippen LogP contribution in [-0.4, -0.2) is 38.6 Å². The molecule has 0 saturated carbocycles. The highest BCUT2D eigenvalue weighted by molar-refractivity contribution is 5.27. The number of nitrogens with one attached hydrogen (secondary N) is 1. The Morgan fingerprint density at radius 3 is 2.10 bits per heavy atom. The average molecular weight is 276 g/mol. The maximum atomic E-state index is 3.52. The smallest absolute Gasteiger partial charge is 0.00127 e. The van der Waals surface area contributed by atoms with E-state index in [1.165, 1.54) is 36.9 Å². The Balaban J connectivity index is 2.16. The van der Waals surface area contributed by atoms with E-state index >= 15 is 0 Å². The van der Waals surface area contributed by atoms with Crippen LogP contribution in [0.3, 0.4) is 0 Å². The van der Waals surface area contributed by atoms with Crippen molar-refractivity contribution < 1.29 is 0 Å². The Labute approximate surface area is 125 Å². The second-order valence-corrected chi connectivity index (χ2v) is 6.96. The van der Waals surface area contributed by atoms with E-state index < -0.39 is 0 Å². The van der Waals surface area contributed by atoms with Crippen LogP contribution in [0.25, 0.3) is 0 Å². The molecule has 0 aliphatic rings. The molecule has 2 nitrogen and oxygen atoms in total. The summed E-state index contributed by atoms with van der Waals surface area (Å²) in [5, 5.41) is 3.52. The van der Waals surface area contributed by atoms with Crippen LogP contribution in [0.5, 0.6) is 0 Å². The zero-order valence-electron chi connectivity index (χ0n) is 14.0. The van der Waals surface area contributed by atoms with E-state index in [0.29, 0.717) is 0 Å². The monoisotopic (exact) mass is 276 g/mol. The van der Waals surface area contributed by atoms with Crippen LogP contribution in [0.4, 0.5) is 0 Å². The van der Waals surface area contributed by atoms with Gasteiger partial charge in [0.2, 0.25) is 0 Å². The minimum absolute atomic E-state index is 0.256. The Morgan fingerprint density at radius 1 is 0.950 bits per heavy atom. The molecule has 2 heteroatoms. The normalized spacial score (nSPS) is 12.1. The van der Waals surface area contributed by atoms with Crippen molar-refractivity contribution >= 4 is 0 Å². The quantitative estimate of drug-likeness (QED) is 0.732. The summed E-state index contributed by atoms with van der Waals surface area (Å²) in [5.41, 5.74) is 3.13. The molecule has 0 aliphatic heterocycles. The van der Waals surface area contributed by atoms with Crippen LogP contribution >= 0.6 is 0 Å². The fourth-order valence-electron chi connectivity index (χ4n) is 2.23. The minimum atomic E-state index is 0.256. The number of hydrogen-bond acceptors (Lipinski definition) is 2. The first-order valence-electron chi connectivity index (χ1n) is 7.84. The first-order valence-corrected chi connectivity index (χ1v) is 7.84. The molecule has 1 aromatic carbocycles. The number of rotatable bonds is 8. The molecule has 1 rings (SSSR count). The molecule has 0 spiro atoms. The molecule has 0 saturated heterocycles. The van der Waals surface area contributed by atoms with E-state index in [1.807, 2.05) is 0 Å². The van der Waals surface area contributed by atoms with Gasteiger partial charge in [0, 0.05) is 0 Å². The van der Waals surface area contributed by atoms with Crippen molar-refractivity contribution in [1.29, 1.82) is 0 Å². The van der Waals surface area contributed by atoms with Gasteiger partial charge in [0.1, 0.15) is 0 Å². The molecule has 1 N–H and O–H groups in total. The number of benzene rings is 1. The second kappa shape index (κ2) is 8.43. The predicted octanol–water partition coefficient (Wildman–Crippen LogP) is 3.46. The number of nitrogens with zero attached hydrogens (tertiary/aromatic N) is 1. The highest BCUT2D eigenvalue weighted by atomic mass is 15.0. The van der Waals surface area contributed by atoms with Gasteiger partial charge in [0.25, 0.3) is 0 Å². The largest absolute Gasteiger partial charge is 0.317 e. The van der Waals surface area contributed by atoms with Gasteiger partial charge in [-0.2, -0.15) is 0 Å². The predicted molar refractivity (Wildman–Crippen MR) is 89.5 cm³/mol. The third-order valence-corrected chi connectivity index (χ3v) is 3.60. The molecule has 114 valence electrons. The molecule has 0 bridgehead atoms. The third-order valence-electron chi connectivity index (χ3n) is 3.60. The molecular formula is C18H32N2. The van der Waals surface area contributed by atoms with E-state index in [2.05, 4.69) is 69.3 Å². The van der Waals surface area contributed by atoms with E-state index in [4.69, 9.17) is 0 Å². The lowest BCUT2D eigenvalue weighted by Crippen LogP contribution is -2.22. The highest BCUT2D eigenvalue weighted by Crippen LogP contribution is 2.22. The van der Waals surface area contributed by atoms with Crippen molar-refractivity contribution in [1.82, 2.24) is 10.2 Å². The molecule has 0 aliphatic carbocycles. The molecule has 0 unspecified atom stereocenters. The lowest BCUT2D eigenvalue weighted by Gasteiger charge is -2.19. The maximum Gasteiger partial charge on any atom is -0.00127 e. The van der Waals surface area contributed by atoms with Crippen molar-refractivity contribution in [2.45, 2.75) is 45.4 Å². The van der Waals surface area contributed by atoms with Crippen LogP contribution in [-0.2, 0) is 11.8 Å². The van der Waals surface area contributed by atoms with Crippen LogP contribution in [0.2, 0.25) is 0 Å². The molecule has 1 aromatic rings. The Morgan fingerprint density at radius 2 is 1.55 bits per heavy atom. The van der Waals surface area contributed by atoms with Crippen molar-refractivity contribution in [2.24, 2.45) is 0 Å². The van der Waals surface area contributed by atoms with Crippen molar-refractivity contribution in [3.63, 3.8) is 0 Å². The first-order chi connectivity index (χ1) is 9.39. The summed E-state index contributed by atoms with van der Waals surface area (Å²) in [6.07, 6.45) is 3.62. The highest BCUT2D eigenvalue weighted by Gasteiger charge is 2.12. The molecule has 0 heterocycles. The van der Waals surface area contributed by atoms with Gasteiger partial charge in [-0.3, -0.25) is 0 Å². The van der Waals surface area contributed by atoms with Crippen molar-refractivity contribution in [3.05, 3.63) is 35.4 Å². The van der Waals surface area contributed by atoms with Crippen LogP contribution in [0.1, 0.15) is 44.7 Å². The fraction of sp³-hybridized carbons (Fsp3) is 0.667. The van der Waals surface area contributed by atoms with Crippen LogP contribution in [0.15, 0.2) is 24.3 Å². The van der Waals surface area contributed by atoms with E-state index in [9.17, 15) is 0 Å². The standard InChI is InChI=1S/C18H32N2/c1-18(2,3)17-11-9-16(10-12-17)8-6-13-19-14-7-15-20(4)5/h9-12,19H,6-8,13-15H2,1-5H3. The Bertz CT molecular complexity index is 360. The molecule has 0 atom stereocenters. The molecular weight excluding hydrogens is 244 g/mol. The average Bonchev–Trinajstić information content (AvgIpc) is 2.37.